The predicted octanol–water partition coefficient (Wildman–Crippen LogP) is 1.38. The van der Waals surface area contributed by atoms with Crippen LogP contribution in [0.1, 0.15) is 11.3 Å². The van der Waals surface area contributed by atoms with Crippen molar-refractivity contribution in [2.24, 2.45) is 0 Å². The fourth-order valence-corrected chi connectivity index (χ4v) is 2.26. The number of aromatic nitrogens is 1. The van der Waals surface area contributed by atoms with Crippen LogP contribution in [0.15, 0.2) is 24.3 Å². The van der Waals surface area contributed by atoms with Crippen LogP contribution in [0.3, 0.4) is 0 Å². The van der Waals surface area contributed by atoms with Gasteiger partial charge in [-0.05, 0) is 18.1 Å². The topological polar surface area (TPSA) is 44.9 Å². The van der Waals surface area contributed by atoms with Crippen LogP contribution in [0, 0.1) is 0 Å². The van der Waals surface area contributed by atoms with Gasteiger partial charge in [-0.3, -0.25) is 0 Å². The number of para-hydroxylation sites is 1. The lowest BCUT2D eigenvalue weighted by Crippen LogP contribution is -2.36. The SMILES string of the molecule is O=CC1Cc2c([nH]c3ccccc23)CN1. The summed E-state index contributed by atoms with van der Waals surface area (Å²) in [6, 6.07) is 8.21. The maximum atomic E-state index is 10.8. The lowest BCUT2D eigenvalue weighted by atomic mass is 9.99. The summed E-state index contributed by atoms with van der Waals surface area (Å²) in [5.74, 6) is 0. The zero-order valence-corrected chi connectivity index (χ0v) is 8.29. The standard InChI is InChI=1S/C12H12N2O/c15-7-8-5-10-9-3-1-2-4-11(9)14-12(10)6-13-8/h1-4,7-8,13-14H,5-6H2. The lowest BCUT2D eigenvalue weighted by molar-refractivity contribution is -0.109. The molecule has 2 heterocycles. The van der Waals surface area contributed by atoms with Gasteiger partial charge in [0.05, 0.1) is 6.04 Å². The smallest absolute Gasteiger partial charge is 0.137 e. The number of aldehydes is 1. The van der Waals surface area contributed by atoms with Gasteiger partial charge in [0.15, 0.2) is 0 Å². The van der Waals surface area contributed by atoms with E-state index in [9.17, 15) is 4.79 Å². The van der Waals surface area contributed by atoms with Gasteiger partial charge >= 0.3 is 0 Å². The highest BCUT2D eigenvalue weighted by Crippen LogP contribution is 2.25. The average molecular weight is 200 g/mol. The number of rotatable bonds is 1. The number of fused-ring (bicyclic) bond motifs is 3. The summed E-state index contributed by atoms with van der Waals surface area (Å²) in [5.41, 5.74) is 3.67. The molecule has 3 heteroatoms. The molecule has 0 fully saturated rings. The molecule has 15 heavy (non-hydrogen) atoms. The molecule has 0 spiro atoms. The van der Waals surface area contributed by atoms with Gasteiger partial charge in [-0.1, -0.05) is 18.2 Å². The third-order valence-electron chi connectivity index (χ3n) is 3.03. The Labute approximate surface area is 87.5 Å². The summed E-state index contributed by atoms with van der Waals surface area (Å²) in [7, 11) is 0. The van der Waals surface area contributed by atoms with Gasteiger partial charge in [0.1, 0.15) is 6.29 Å². The Kier molecular flexibility index (Phi) is 1.86. The molecule has 1 aromatic heterocycles. The van der Waals surface area contributed by atoms with Crippen LogP contribution in [0.2, 0.25) is 0 Å². The molecule has 0 aliphatic carbocycles. The highest BCUT2D eigenvalue weighted by molar-refractivity contribution is 5.85. The highest BCUT2D eigenvalue weighted by Gasteiger charge is 2.20. The molecule has 3 rings (SSSR count). The molecule has 1 atom stereocenters. The first-order valence-corrected chi connectivity index (χ1v) is 5.15. The fraction of sp³-hybridized carbons (Fsp3) is 0.250. The van der Waals surface area contributed by atoms with E-state index in [2.05, 4.69) is 22.4 Å². The maximum Gasteiger partial charge on any atom is 0.137 e. The minimum Gasteiger partial charge on any atom is -0.357 e. The third kappa shape index (κ3) is 1.27. The number of H-pyrrole nitrogens is 1. The minimum absolute atomic E-state index is 0.0308. The van der Waals surface area contributed by atoms with E-state index in [1.165, 1.54) is 16.6 Å². The molecule has 0 bridgehead atoms. The number of benzene rings is 1. The molecule has 1 unspecified atom stereocenters. The van der Waals surface area contributed by atoms with E-state index in [-0.39, 0.29) is 6.04 Å². The van der Waals surface area contributed by atoms with E-state index in [0.717, 1.165) is 24.8 Å². The largest absolute Gasteiger partial charge is 0.357 e. The van der Waals surface area contributed by atoms with Crippen molar-refractivity contribution in [1.29, 1.82) is 0 Å². The molecular weight excluding hydrogens is 188 g/mol. The number of hydrogen-bond donors (Lipinski definition) is 2. The van der Waals surface area contributed by atoms with Crippen molar-refractivity contribution in [3.05, 3.63) is 35.5 Å². The second kappa shape index (κ2) is 3.21. The number of hydrogen-bond acceptors (Lipinski definition) is 2. The third-order valence-corrected chi connectivity index (χ3v) is 3.03. The van der Waals surface area contributed by atoms with Gasteiger partial charge in [-0.2, -0.15) is 0 Å². The van der Waals surface area contributed by atoms with Crippen LogP contribution in [0.5, 0.6) is 0 Å². The van der Waals surface area contributed by atoms with E-state index in [4.69, 9.17) is 0 Å². The van der Waals surface area contributed by atoms with Crippen LogP contribution in [-0.2, 0) is 17.8 Å². The predicted molar refractivity (Wildman–Crippen MR) is 58.7 cm³/mol. The van der Waals surface area contributed by atoms with E-state index in [1.807, 2.05) is 12.1 Å². The Bertz CT molecular complexity index is 515. The van der Waals surface area contributed by atoms with E-state index < -0.39 is 0 Å². The molecule has 1 aliphatic heterocycles. The molecule has 3 nitrogen and oxygen atoms in total. The maximum absolute atomic E-state index is 10.8. The number of nitrogens with one attached hydrogen (secondary N) is 2. The molecule has 1 aromatic carbocycles. The van der Waals surface area contributed by atoms with Gasteiger partial charge in [-0.25, -0.2) is 0 Å². The molecule has 2 N–H and O–H groups in total. The summed E-state index contributed by atoms with van der Waals surface area (Å²) in [5, 5.41) is 4.44. The second-order valence-electron chi connectivity index (χ2n) is 3.96. The fourth-order valence-electron chi connectivity index (χ4n) is 2.26. The van der Waals surface area contributed by atoms with Crippen LogP contribution in [-0.4, -0.2) is 17.3 Å². The first kappa shape index (κ1) is 8.68. The Morgan fingerprint density at radius 3 is 3.07 bits per heavy atom. The van der Waals surface area contributed by atoms with Gasteiger partial charge in [0.25, 0.3) is 0 Å². The summed E-state index contributed by atoms with van der Waals surface area (Å²) in [4.78, 5) is 14.1. The molecule has 0 radical (unpaired) electrons. The molecular formula is C12H12N2O. The Morgan fingerprint density at radius 1 is 1.33 bits per heavy atom. The Balaban J connectivity index is 2.18. The van der Waals surface area contributed by atoms with Crippen LogP contribution < -0.4 is 5.32 Å². The molecule has 0 saturated carbocycles. The van der Waals surface area contributed by atoms with E-state index >= 15 is 0 Å². The Hall–Kier alpha value is -1.61. The van der Waals surface area contributed by atoms with Crippen molar-refractivity contribution < 1.29 is 4.79 Å². The summed E-state index contributed by atoms with van der Waals surface area (Å²) in [6.45, 7) is 0.757. The van der Waals surface area contributed by atoms with Crippen LogP contribution in [0.25, 0.3) is 10.9 Å². The summed E-state index contributed by atoms with van der Waals surface area (Å²) < 4.78 is 0. The highest BCUT2D eigenvalue weighted by atomic mass is 16.1. The zero-order chi connectivity index (χ0) is 10.3. The molecule has 76 valence electrons. The van der Waals surface area contributed by atoms with Crippen molar-refractivity contribution in [3.8, 4) is 0 Å². The van der Waals surface area contributed by atoms with Crippen LogP contribution >= 0.6 is 0 Å². The average Bonchev–Trinajstić information content (AvgIpc) is 2.66. The molecule has 0 amide bonds. The van der Waals surface area contributed by atoms with Crippen molar-refractivity contribution in [2.45, 2.75) is 19.0 Å². The van der Waals surface area contributed by atoms with Crippen molar-refractivity contribution in [3.63, 3.8) is 0 Å². The first-order chi connectivity index (χ1) is 7.38. The summed E-state index contributed by atoms with van der Waals surface area (Å²) in [6.07, 6.45) is 1.79. The van der Waals surface area contributed by atoms with Crippen molar-refractivity contribution >= 4 is 17.2 Å². The van der Waals surface area contributed by atoms with Crippen LogP contribution in [0.4, 0.5) is 0 Å². The number of carbonyl (C=O) groups is 1. The lowest BCUT2D eigenvalue weighted by Gasteiger charge is -2.19. The minimum atomic E-state index is -0.0308. The number of carbonyl (C=O) groups excluding carboxylic acids is 1. The Morgan fingerprint density at radius 2 is 2.20 bits per heavy atom. The quantitative estimate of drug-likeness (QED) is 0.683. The first-order valence-electron chi connectivity index (χ1n) is 5.15. The zero-order valence-electron chi connectivity index (χ0n) is 8.29. The van der Waals surface area contributed by atoms with E-state index in [1.54, 1.807) is 0 Å². The van der Waals surface area contributed by atoms with Gasteiger partial charge in [-0.15, -0.1) is 0 Å². The number of aromatic amines is 1. The van der Waals surface area contributed by atoms with Gasteiger partial charge in [0, 0.05) is 23.1 Å². The van der Waals surface area contributed by atoms with E-state index in [0.29, 0.717) is 0 Å². The second-order valence-corrected chi connectivity index (χ2v) is 3.96. The molecule has 1 aliphatic rings. The molecule has 2 aromatic rings. The van der Waals surface area contributed by atoms with Crippen molar-refractivity contribution in [2.75, 3.05) is 0 Å². The van der Waals surface area contributed by atoms with Gasteiger partial charge < -0.3 is 15.1 Å². The summed E-state index contributed by atoms with van der Waals surface area (Å²) >= 11 is 0. The normalized spacial score (nSPS) is 20.1. The van der Waals surface area contributed by atoms with Gasteiger partial charge in [0.2, 0.25) is 0 Å². The molecule has 0 saturated heterocycles. The van der Waals surface area contributed by atoms with Crippen molar-refractivity contribution in [1.82, 2.24) is 10.3 Å². The monoisotopic (exact) mass is 200 g/mol.